The zero-order chi connectivity index (χ0) is 16.5. The van der Waals surface area contributed by atoms with Gasteiger partial charge in [-0.15, -0.1) is 0 Å². The van der Waals surface area contributed by atoms with E-state index in [0.29, 0.717) is 12.1 Å². The number of carbonyl (C=O) groups excluding carboxylic acids is 3. The van der Waals surface area contributed by atoms with Crippen LogP contribution in [0.4, 0.5) is 0 Å². The number of allylic oxidation sites excluding steroid dienone is 2. The summed E-state index contributed by atoms with van der Waals surface area (Å²) in [6, 6.07) is 0. The van der Waals surface area contributed by atoms with Crippen molar-refractivity contribution in [2.24, 2.45) is 5.41 Å². The van der Waals surface area contributed by atoms with Crippen LogP contribution in [0.5, 0.6) is 0 Å². The minimum Gasteiger partial charge on any atom is -0.468 e. The molecule has 1 heterocycles. The second kappa shape index (κ2) is 6.04. The maximum absolute atomic E-state index is 12.3. The molecule has 2 aliphatic rings. The molecule has 0 aromatic rings. The van der Waals surface area contributed by atoms with Gasteiger partial charge in [0.2, 0.25) is 0 Å². The molecule has 0 radical (unpaired) electrons. The summed E-state index contributed by atoms with van der Waals surface area (Å²) in [5.41, 5.74) is 1.89. The fraction of sp³-hybridized carbons (Fsp3) is 0.562. The number of ketones is 1. The van der Waals surface area contributed by atoms with Crippen molar-refractivity contribution >= 4 is 17.7 Å². The first-order chi connectivity index (χ1) is 10.4. The summed E-state index contributed by atoms with van der Waals surface area (Å²) >= 11 is 0. The summed E-state index contributed by atoms with van der Waals surface area (Å²) in [5, 5.41) is 3.07. The highest BCUT2D eigenvalue weighted by Crippen LogP contribution is 2.49. The molecule has 1 saturated carbocycles. The lowest BCUT2D eigenvalue weighted by atomic mass is 9.85. The molecule has 6 heteroatoms. The Morgan fingerprint density at radius 1 is 1.00 bits per heavy atom. The van der Waals surface area contributed by atoms with Crippen molar-refractivity contribution in [2.45, 2.75) is 26.7 Å². The summed E-state index contributed by atoms with van der Waals surface area (Å²) < 4.78 is 9.68. The monoisotopic (exact) mass is 307 g/mol. The Morgan fingerprint density at radius 2 is 1.55 bits per heavy atom. The Bertz CT molecular complexity index is 584. The second-order valence-corrected chi connectivity index (χ2v) is 5.81. The zero-order valence-electron chi connectivity index (χ0n) is 13.4. The number of rotatable bonds is 2. The number of hydrogen-bond donors (Lipinski definition) is 1. The summed E-state index contributed by atoms with van der Waals surface area (Å²) in [6.07, 6.45) is 0.358. The van der Waals surface area contributed by atoms with E-state index in [9.17, 15) is 14.4 Å². The minimum absolute atomic E-state index is 0.0227. The van der Waals surface area contributed by atoms with Crippen molar-refractivity contribution in [1.82, 2.24) is 5.32 Å². The third-order valence-electron chi connectivity index (χ3n) is 4.54. The number of methoxy groups -OCH3 is 2. The maximum atomic E-state index is 12.3. The molecule has 0 atom stereocenters. The van der Waals surface area contributed by atoms with E-state index in [1.165, 1.54) is 14.2 Å². The number of esters is 2. The molecule has 0 amide bonds. The molecular formula is C16H21NO5. The standard InChI is InChI=1S/C16H21NO5/c1-9-7-17-8-13(18)10(2)12-6-16(5-11(9)12,14(19)21-3)15(20)22-4/h17H,5-8H2,1-4H3. The summed E-state index contributed by atoms with van der Waals surface area (Å²) in [5.74, 6) is -1.26. The lowest BCUT2D eigenvalue weighted by Crippen LogP contribution is -2.38. The Hall–Kier alpha value is -1.95. The van der Waals surface area contributed by atoms with Gasteiger partial charge < -0.3 is 14.8 Å². The van der Waals surface area contributed by atoms with Crippen LogP contribution in [0.15, 0.2) is 22.3 Å². The van der Waals surface area contributed by atoms with E-state index in [4.69, 9.17) is 9.47 Å². The molecule has 0 aromatic heterocycles. The van der Waals surface area contributed by atoms with Crippen LogP contribution in [-0.4, -0.2) is 45.0 Å². The molecule has 22 heavy (non-hydrogen) atoms. The van der Waals surface area contributed by atoms with Crippen LogP contribution in [-0.2, 0) is 23.9 Å². The first-order valence-corrected chi connectivity index (χ1v) is 7.17. The van der Waals surface area contributed by atoms with E-state index < -0.39 is 17.4 Å². The van der Waals surface area contributed by atoms with Gasteiger partial charge in [0.15, 0.2) is 11.2 Å². The molecule has 2 rings (SSSR count). The Morgan fingerprint density at radius 3 is 2.09 bits per heavy atom. The van der Waals surface area contributed by atoms with Gasteiger partial charge in [-0.1, -0.05) is 5.57 Å². The Labute approximate surface area is 129 Å². The van der Waals surface area contributed by atoms with Gasteiger partial charge >= 0.3 is 11.9 Å². The van der Waals surface area contributed by atoms with Crippen LogP contribution in [0.3, 0.4) is 0 Å². The predicted molar refractivity (Wildman–Crippen MR) is 79.0 cm³/mol. The quantitative estimate of drug-likeness (QED) is 0.603. The highest BCUT2D eigenvalue weighted by molar-refractivity contribution is 6.04. The van der Waals surface area contributed by atoms with E-state index in [0.717, 1.165) is 16.7 Å². The van der Waals surface area contributed by atoms with Crippen LogP contribution in [0.1, 0.15) is 26.7 Å². The van der Waals surface area contributed by atoms with Gasteiger partial charge in [0.25, 0.3) is 0 Å². The van der Waals surface area contributed by atoms with E-state index in [1.807, 2.05) is 6.92 Å². The number of Topliss-reactive ketones (excluding diaryl/α,β-unsaturated/α-hetero) is 1. The van der Waals surface area contributed by atoms with Crippen LogP contribution in [0.25, 0.3) is 0 Å². The molecule has 120 valence electrons. The van der Waals surface area contributed by atoms with Gasteiger partial charge in [0, 0.05) is 13.0 Å². The summed E-state index contributed by atoms with van der Waals surface area (Å²) in [6.45, 7) is 4.48. The zero-order valence-corrected chi connectivity index (χ0v) is 13.4. The third-order valence-corrected chi connectivity index (χ3v) is 4.54. The van der Waals surface area contributed by atoms with Crippen molar-refractivity contribution in [3.05, 3.63) is 22.3 Å². The van der Waals surface area contributed by atoms with Gasteiger partial charge in [-0.3, -0.25) is 14.4 Å². The van der Waals surface area contributed by atoms with Crippen molar-refractivity contribution in [1.29, 1.82) is 0 Å². The first kappa shape index (κ1) is 16.4. The minimum atomic E-state index is -1.39. The third kappa shape index (κ3) is 2.47. The van der Waals surface area contributed by atoms with Crippen LogP contribution >= 0.6 is 0 Å². The van der Waals surface area contributed by atoms with Gasteiger partial charge in [-0.05, 0) is 37.0 Å². The smallest absolute Gasteiger partial charge is 0.323 e. The topological polar surface area (TPSA) is 81.7 Å². The lowest BCUT2D eigenvalue weighted by Gasteiger charge is -2.22. The number of hydrogen-bond acceptors (Lipinski definition) is 6. The Balaban J connectivity index is 2.61. The van der Waals surface area contributed by atoms with Crippen LogP contribution in [0, 0.1) is 5.41 Å². The van der Waals surface area contributed by atoms with Crippen LogP contribution in [0.2, 0.25) is 0 Å². The highest BCUT2D eigenvalue weighted by atomic mass is 16.5. The van der Waals surface area contributed by atoms with Gasteiger partial charge in [-0.2, -0.15) is 0 Å². The van der Waals surface area contributed by atoms with E-state index in [1.54, 1.807) is 6.92 Å². The average molecular weight is 307 g/mol. The second-order valence-electron chi connectivity index (χ2n) is 5.81. The van der Waals surface area contributed by atoms with Gasteiger partial charge in [0.1, 0.15) is 0 Å². The van der Waals surface area contributed by atoms with E-state index >= 15 is 0 Å². The number of carbonyl (C=O) groups is 3. The molecule has 0 bridgehead atoms. The largest absolute Gasteiger partial charge is 0.468 e. The molecule has 6 nitrogen and oxygen atoms in total. The molecule has 1 aliphatic carbocycles. The molecule has 1 N–H and O–H groups in total. The first-order valence-electron chi connectivity index (χ1n) is 7.17. The number of ether oxygens (including phenoxy) is 2. The summed E-state index contributed by atoms with van der Waals surface area (Å²) in [4.78, 5) is 36.7. The molecule has 1 fully saturated rings. The average Bonchev–Trinajstić information content (AvgIpc) is 2.93. The van der Waals surface area contributed by atoms with Crippen molar-refractivity contribution in [3.63, 3.8) is 0 Å². The van der Waals surface area contributed by atoms with Crippen molar-refractivity contribution < 1.29 is 23.9 Å². The van der Waals surface area contributed by atoms with E-state index in [2.05, 4.69) is 5.32 Å². The van der Waals surface area contributed by atoms with E-state index in [-0.39, 0.29) is 25.2 Å². The van der Waals surface area contributed by atoms with Gasteiger partial charge in [-0.25, -0.2) is 0 Å². The fourth-order valence-electron chi connectivity index (χ4n) is 3.18. The molecular weight excluding hydrogens is 286 g/mol. The predicted octanol–water partition coefficient (Wildman–Crippen LogP) is 0.918. The molecule has 0 unspecified atom stereocenters. The summed E-state index contributed by atoms with van der Waals surface area (Å²) in [7, 11) is 2.51. The molecule has 0 aromatic carbocycles. The van der Waals surface area contributed by atoms with Gasteiger partial charge in [0.05, 0.1) is 20.8 Å². The van der Waals surface area contributed by atoms with Crippen molar-refractivity contribution in [3.8, 4) is 0 Å². The maximum Gasteiger partial charge on any atom is 0.323 e. The molecule has 1 aliphatic heterocycles. The lowest BCUT2D eigenvalue weighted by molar-refractivity contribution is -0.168. The SMILES string of the molecule is COC(=O)C1(C(=O)OC)CC2=C(C)CNCC(=O)C(C)=C2C1. The fourth-order valence-corrected chi connectivity index (χ4v) is 3.18. The highest BCUT2D eigenvalue weighted by Gasteiger charge is 2.54. The normalized spacial score (nSPS) is 21.2. The molecule has 0 spiro atoms. The molecule has 0 saturated heterocycles. The number of fused-ring (bicyclic) bond motifs is 1. The number of nitrogens with one attached hydrogen (secondary N) is 1. The Kier molecular flexibility index (Phi) is 4.51. The van der Waals surface area contributed by atoms with Crippen LogP contribution < -0.4 is 5.32 Å². The van der Waals surface area contributed by atoms with Crippen molar-refractivity contribution in [2.75, 3.05) is 27.3 Å².